The van der Waals surface area contributed by atoms with Crippen molar-refractivity contribution in [2.75, 3.05) is 4.90 Å². The molecule has 0 spiro atoms. The highest BCUT2D eigenvalue weighted by molar-refractivity contribution is 7.26. The molecule has 0 aliphatic heterocycles. The summed E-state index contributed by atoms with van der Waals surface area (Å²) in [6, 6.07) is 73.9. The molecule has 0 bridgehead atoms. The lowest BCUT2D eigenvalue weighted by molar-refractivity contribution is 0.660. The maximum absolute atomic E-state index is 2.54. The van der Waals surface area contributed by atoms with E-state index in [1.54, 1.807) is 0 Å². The summed E-state index contributed by atoms with van der Waals surface area (Å²) in [7, 11) is 0. The minimum atomic E-state index is -0.104. The summed E-state index contributed by atoms with van der Waals surface area (Å²) in [5.74, 6) is 0. The zero-order chi connectivity index (χ0) is 38.1. The first-order chi connectivity index (χ1) is 28.1. The Hall–Kier alpha value is -6.74. The SMILES string of the molecule is CC1(C)c2ccccc2-c2c(-c3ccccc3N(c3ccccc3-c3cccc4ccccc34)c3ccccc3-c3cccc4c3sc3ccccc34)cccc21. The van der Waals surface area contributed by atoms with Crippen LogP contribution in [0.3, 0.4) is 0 Å². The molecule has 270 valence electrons. The Kier molecular flexibility index (Phi) is 7.77. The number of nitrogens with zero attached hydrogens (tertiary/aromatic N) is 1. The van der Waals surface area contributed by atoms with Gasteiger partial charge in [-0.05, 0) is 68.4 Å². The summed E-state index contributed by atoms with van der Waals surface area (Å²) < 4.78 is 2.61. The van der Waals surface area contributed by atoms with Crippen LogP contribution in [0.4, 0.5) is 17.1 Å². The molecule has 9 aromatic carbocycles. The Labute approximate surface area is 337 Å². The van der Waals surface area contributed by atoms with Gasteiger partial charge in [-0.15, -0.1) is 11.3 Å². The van der Waals surface area contributed by atoms with Gasteiger partial charge in [-0.1, -0.05) is 190 Å². The van der Waals surface area contributed by atoms with E-state index in [2.05, 4.69) is 219 Å². The number of thiophene rings is 1. The predicted octanol–water partition coefficient (Wildman–Crippen LogP) is 16.0. The molecule has 1 heterocycles. The molecule has 1 aliphatic rings. The van der Waals surface area contributed by atoms with Gasteiger partial charge in [-0.25, -0.2) is 0 Å². The van der Waals surface area contributed by atoms with Crippen molar-refractivity contribution >= 4 is 59.3 Å². The number of hydrogen-bond donors (Lipinski definition) is 0. The molecular formula is C55H39NS. The quantitative estimate of drug-likeness (QED) is 0.164. The molecule has 57 heavy (non-hydrogen) atoms. The van der Waals surface area contributed by atoms with Crippen molar-refractivity contribution in [1.29, 1.82) is 0 Å². The summed E-state index contributed by atoms with van der Waals surface area (Å²) in [6.07, 6.45) is 0. The third kappa shape index (κ3) is 5.21. The van der Waals surface area contributed by atoms with Crippen LogP contribution in [-0.4, -0.2) is 0 Å². The lowest BCUT2D eigenvalue weighted by atomic mass is 9.82. The summed E-state index contributed by atoms with van der Waals surface area (Å²) in [5.41, 5.74) is 16.0. The van der Waals surface area contributed by atoms with Gasteiger partial charge in [-0.3, -0.25) is 0 Å². The van der Waals surface area contributed by atoms with Crippen molar-refractivity contribution in [3.63, 3.8) is 0 Å². The minimum absolute atomic E-state index is 0.104. The monoisotopic (exact) mass is 745 g/mol. The number of rotatable bonds is 6. The summed E-state index contributed by atoms with van der Waals surface area (Å²) in [6.45, 7) is 4.73. The van der Waals surface area contributed by atoms with Crippen molar-refractivity contribution in [3.05, 3.63) is 211 Å². The highest BCUT2D eigenvalue weighted by Crippen LogP contribution is 2.55. The van der Waals surface area contributed by atoms with Gasteiger partial charge in [0, 0.05) is 47.8 Å². The van der Waals surface area contributed by atoms with Crippen molar-refractivity contribution in [2.45, 2.75) is 19.3 Å². The van der Waals surface area contributed by atoms with Gasteiger partial charge < -0.3 is 4.90 Å². The molecular weight excluding hydrogens is 707 g/mol. The van der Waals surface area contributed by atoms with Crippen LogP contribution in [0.5, 0.6) is 0 Å². The van der Waals surface area contributed by atoms with E-state index in [-0.39, 0.29) is 5.41 Å². The van der Waals surface area contributed by atoms with Crippen LogP contribution in [0.15, 0.2) is 200 Å². The van der Waals surface area contributed by atoms with Gasteiger partial charge in [0.15, 0.2) is 0 Å². The lowest BCUT2D eigenvalue weighted by Gasteiger charge is -2.32. The molecule has 0 unspecified atom stereocenters. The first-order valence-corrected chi connectivity index (χ1v) is 20.6. The van der Waals surface area contributed by atoms with Crippen LogP contribution in [-0.2, 0) is 5.41 Å². The molecule has 0 saturated carbocycles. The second-order valence-electron chi connectivity index (χ2n) is 15.6. The first kappa shape index (κ1) is 33.6. The second-order valence-corrected chi connectivity index (χ2v) is 16.6. The molecule has 11 rings (SSSR count). The molecule has 10 aromatic rings. The molecule has 0 atom stereocenters. The van der Waals surface area contributed by atoms with E-state index in [0.717, 1.165) is 17.1 Å². The summed E-state index contributed by atoms with van der Waals surface area (Å²) in [4.78, 5) is 2.54. The van der Waals surface area contributed by atoms with E-state index in [1.807, 2.05) is 11.3 Å². The Balaban J connectivity index is 1.22. The molecule has 0 amide bonds. The normalized spacial score (nSPS) is 12.9. The van der Waals surface area contributed by atoms with Crippen molar-refractivity contribution in [3.8, 4) is 44.5 Å². The average Bonchev–Trinajstić information content (AvgIpc) is 3.76. The zero-order valence-electron chi connectivity index (χ0n) is 31.9. The Morgan fingerprint density at radius 2 is 0.807 bits per heavy atom. The van der Waals surface area contributed by atoms with Gasteiger partial charge in [0.05, 0.1) is 17.1 Å². The molecule has 1 aliphatic carbocycles. The average molecular weight is 746 g/mol. The maximum Gasteiger partial charge on any atom is 0.0541 e. The smallest absolute Gasteiger partial charge is 0.0541 e. The molecule has 1 nitrogen and oxygen atoms in total. The third-order valence-corrected chi connectivity index (χ3v) is 13.3. The molecule has 0 radical (unpaired) electrons. The number of anilines is 3. The highest BCUT2D eigenvalue weighted by atomic mass is 32.1. The zero-order valence-corrected chi connectivity index (χ0v) is 32.7. The minimum Gasteiger partial charge on any atom is -0.309 e. The van der Waals surface area contributed by atoms with E-state index >= 15 is 0 Å². The van der Waals surface area contributed by atoms with Crippen molar-refractivity contribution in [1.82, 2.24) is 0 Å². The van der Waals surface area contributed by atoms with Gasteiger partial charge in [0.1, 0.15) is 0 Å². The molecule has 2 heteroatoms. The maximum atomic E-state index is 2.54. The first-order valence-electron chi connectivity index (χ1n) is 19.8. The topological polar surface area (TPSA) is 3.24 Å². The fourth-order valence-electron chi connectivity index (χ4n) is 9.48. The Morgan fingerprint density at radius 3 is 1.56 bits per heavy atom. The number of benzene rings is 9. The fraction of sp³-hybridized carbons (Fsp3) is 0.0545. The Morgan fingerprint density at radius 1 is 0.351 bits per heavy atom. The van der Waals surface area contributed by atoms with Crippen LogP contribution in [0, 0.1) is 0 Å². The van der Waals surface area contributed by atoms with E-state index in [4.69, 9.17) is 0 Å². The Bertz CT molecular complexity index is 3180. The largest absolute Gasteiger partial charge is 0.309 e. The van der Waals surface area contributed by atoms with Crippen molar-refractivity contribution < 1.29 is 0 Å². The fourth-order valence-corrected chi connectivity index (χ4v) is 10.7. The number of hydrogen-bond acceptors (Lipinski definition) is 2. The molecule has 0 saturated heterocycles. The van der Waals surface area contributed by atoms with Gasteiger partial charge in [-0.2, -0.15) is 0 Å². The van der Waals surface area contributed by atoms with Gasteiger partial charge in [0.2, 0.25) is 0 Å². The van der Waals surface area contributed by atoms with E-state index < -0.39 is 0 Å². The molecule has 1 aromatic heterocycles. The van der Waals surface area contributed by atoms with Crippen LogP contribution in [0.25, 0.3) is 75.5 Å². The number of fused-ring (bicyclic) bond motifs is 7. The summed E-state index contributed by atoms with van der Waals surface area (Å²) in [5, 5.41) is 5.08. The second kappa shape index (κ2) is 13.2. The standard InChI is InChI=1S/C55H39NS/c1-55(2)47-30-10-5-25-46(47)53-43(27-17-31-48(53)55)40-22-7-12-33-50(40)56(49-32-11-6-21-39(49)38-26-15-19-36-18-3-4-20-37(36)38)51-34-13-8-23-41(51)44-28-16-29-45-42-24-9-14-35-52(42)57-54(44)45/h3-35H,1-2H3. The highest BCUT2D eigenvalue weighted by Gasteiger charge is 2.37. The van der Waals surface area contributed by atoms with E-state index in [1.165, 1.54) is 86.6 Å². The van der Waals surface area contributed by atoms with E-state index in [9.17, 15) is 0 Å². The molecule has 0 fully saturated rings. The van der Waals surface area contributed by atoms with Gasteiger partial charge >= 0.3 is 0 Å². The van der Waals surface area contributed by atoms with Crippen LogP contribution in [0.1, 0.15) is 25.0 Å². The van der Waals surface area contributed by atoms with E-state index in [0.29, 0.717) is 0 Å². The molecule has 0 N–H and O–H groups in total. The van der Waals surface area contributed by atoms with Crippen LogP contribution >= 0.6 is 11.3 Å². The lowest BCUT2D eigenvalue weighted by Crippen LogP contribution is -2.15. The van der Waals surface area contributed by atoms with Crippen LogP contribution in [0.2, 0.25) is 0 Å². The number of para-hydroxylation sites is 3. The third-order valence-electron chi connectivity index (χ3n) is 12.1. The predicted molar refractivity (Wildman–Crippen MR) is 245 cm³/mol. The van der Waals surface area contributed by atoms with Crippen LogP contribution < -0.4 is 4.90 Å². The van der Waals surface area contributed by atoms with Crippen molar-refractivity contribution in [2.24, 2.45) is 0 Å². The van der Waals surface area contributed by atoms with Gasteiger partial charge in [0.25, 0.3) is 0 Å². The summed E-state index contributed by atoms with van der Waals surface area (Å²) >= 11 is 1.88.